The van der Waals surface area contributed by atoms with Gasteiger partial charge in [0, 0.05) is 56.6 Å². The number of rotatable bonds is 3. The first-order valence-corrected chi connectivity index (χ1v) is 10.6. The maximum Gasteiger partial charge on any atom is 0.274 e. The highest BCUT2D eigenvalue weighted by atomic mass is 16.2. The molecule has 3 aliphatic rings. The minimum absolute atomic E-state index is 0.128. The molecule has 1 aliphatic carbocycles. The Morgan fingerprint density at radius 2 is 1.96 bits per heavy atom. The molecule has 0 radical (unpaired) electrons. The van der Waals surface area contributed by atoms with Crippen molar-refractivity contribution in [3.63, 3.8) is 0 Å². The predicted octanol–water partition coefficient (Wildman–Crippen LogP) is 1.79. The largest absolute Gasteiger partial charge is 0.336 e. The third kappa shape index (κ3) is 3.05. The topological polar surface area (TPSA) is 53.4 Å². The molecule has 2 aliphatic heterocycles. The molecule has 1 amide bonds. The van der Waals surface area contributed by atoms with Gasteiger partial charge in [0.15, 0.2) is 5.69 Å². The van der Waals surface area contributed by atoms with Crippen LogP contribution in [0.2, 0.25) is 0 Å². The second kappa shape index (κ2) is 7.33. The second-order valence-corrected chi connectivity index (χ2v) is 8.31. The van der Waals surface area contributed by atoms with E-state index in [2.05, 4.69) is 35.3 Å². The molecule has 0 spiro atoms. The van der Waals surface area contributed by atoms with Crippen LogP contribution in [0.15, 0.2) is 24.3 Å². The Labute approximate surface area is 166 Å². The molecule has 2 saturated heterocycles. The lowest BCUT2D eigenvalue weighted by Gasteiger charge is -2.32. The Balaban J connectivity index is 1.40. The summed E-state index contributed by atoms with van der Waals surface area (Å²) in [4.78, 5) is 18.0. The number of amides is 1. The first-order valence-electron chi connectivity index (χ1n) is 10.6. The van der Waals surface area contributed by atoms with Crippen LogP contribution < -0.4 is 5.32 Å². The van der Waals surface area contributed by atoms with Crippen LogP contribution in [0.1, 0.15) is 40.2 Å². The van der Waals surface area contributed by atoms with Crippen molar-refractivity contribution in [1.82, 2.24) is 24.9 Å². The van der Waals surface area contributed by atoms with Crippen LogP contribution in [0.4, 0.5) is 0 Å². The van der Waals surface area contributed by atoms with Crippen LogP contribution in [0.5, 0.6) is 0 Å². The number of aryl methyl sites for hydroxylation is 1. The highest BCUT2D eigenvalue weighted by molar-refractivity contribution is 5.94. The lowest BCUT2D eigenvalue weighted by atomic mass is 10.1. The third-order valence-corrected chi connectivity index (χ3v) is 6.60. The van der Waals surface area contributed by atoms with Crippen LogP contribution in [-0.4, -0.2) is 70.8 Å². The van der Waals surface area contributed by atoms with Crippen molar-refractivity contribution in [2.24, 2.45) is 0 Å². The van der Waals surface area contributed by atoms with E-state index >= 15 is 0 Å². The molecular formula is C22H29N5O. The molecular weight excluding hydrogens is 350 g/mol. The smallest absolute Gasteiger partial charge is 0.274 e. The van der Waals surface area contributed by atoms with Gasteiger partial charge in [0.1, 0.15) is 0 Å². The summed E-state index contributed by atoms with van der Waals surface area (Å²) in [6.45, 7) is 8.08. The van der Waals surface area contributed by atoms with Crippen molar-refractivity contribution in [3.8, 4) is 5.69 Å². The number of likely N-dealkylation sites (tertiary alicyclic amines) is 1. The first-order chi connectivity index (χ1) is 13.7. The molecule has 1 aromatic heterocycles. The van der Waals surface area contributed by atoms with Gasteiger partial charge in [0.2, 0.25) is 0 Å². The Morgan fingerprint density at radius 3 is 2.79 bits per heavy atom. The predicted molar refractivity (Wildman–Crippen MR) is 109 cm³/mol. The van der Waals surface area contributed by atoms with Gasteiger partial charge in [-0.3, -0.25) is 9.69 Å². The van der Waals surface area contributed by atoms with Gasteiger partial charge in [-0.1, -0.05) is 18.2 Å². The van der Waals surface area contributed by atoms with Gasteiger partial charge < -0.3 is 10.2 Å². The molecule has 6 nitrogen and oxygen atoms in total. The minimum Gasteiger partial charge on any atom is -0.336 e. The molecule has 2 fully saturated rings. The molecule has 1 unspecified atom stereocenters. The standard InChI is InChI=1S/C22H29N5O/c1-16-5-2-3-7-19(16)27-20-8-4-6-18(20)21(24-27)22(28)26-12-9-17(15-26)25-13-10-23-11-14-25/h2-3,5,7,17,23H,4,6,8-15H2,1H3. The zero-order valence-electron chi connectivity index (χ0n) is 16.7. The summed E-state index contributed by atoms with van der Waals surface area (Å²) in [5, 5.41) is 8.26. The maximum absolute atomic E-state index is 13.4. The number of piperazine rings is 1. The second-order valence-electron chi connectivity index (χ2n) is 8.31. The van der Waals surface area contributed by atoms with Crippen molar-refractivity contribution in [2.45, 2.75) is 38.6 Å². The van der Waals surface area contributed by atoms with Crippen molar-refractivity contribution < 1.29 is 4.79 Å². The molecule has 6 heteroatoms. The molecule has 0 bridgehead atoms. The number of nitrogens with one attached hydrogen (secondary N) is 1. The summed E-state index contributed by atoms with van der Waals surface area (Å²) >= 11 is 0. The van der Waals surface area contributed by atoms with E-state index in [9.17, 15) is 4.79 Å². The Hall–Kier alpha value is -2.18. The quantitative estimate of drug-likeness (QED) is 0.884. The highest BCUT2D eigenvalue weighted by Crippen LogP contribution is 2.30. The van der Waals surface area contributed by atoms with Gasteiger partial charge >= 0.3 is 0 Å². The third-order valence-electron chi connectivity index (χ3n) is 6.60. The fourth-order valence-corrected chi connectivity index (χ4v) is 5.03. The zero-order chi connectivity index (χ0) is 19.1. The Kier molecular flexibility index (Phi) is 4.69. The number of carbonyl (C=O) groups is 1. The fraction of sp³-hybridized carbons (Fsp3) is 0.545. The molecule has 0 saturated carbocycles. The molecule has 3 heterocycles. The number of benzene rings is 1. The summed E-state index contributed by atoms with van der Waals surface area (Å²) in [6.07, 6.45) is 4.17. The van der Waals surface area contributed by atoms with Crippen molar-refractivity contribution >= 4 is 5.91 Å². The van der Waals surface area contributed by atoms with Crippen LogP contribution in [0.25, 0.3) is 5.69 Å². The lowest BCUT2D eigenvalue weighted by molar-refractivity contribution is 0.0766. The van der Waals surface area contributed by atoms with Gasteiger partial charge in [-0.2, -0.15) is 5.10 Å². The number of hydrogen-bond acceptors (Lipinski definition) is 4. The Morgan fingerprint density at radius 1 is 1.14 bits per heavy atom. The lowest BCUT2D eigenvalue weighted by Crippen LogP contribution is -2.49. The number of aromatic nitrogens is 2. The monoisotopic (exact) mass is 379 g/mol. The van der Waals surface area contributed by atoms with Crippen molar-refractivity contribution in [3.05, 3.63) is 46.8 Å². The summed E-state index contributed by atoms with van der Waals surface area (Å²) in [7, 11) is 0. The number of para-hydroxylation sites is 1. The number of fused-ring (bicyclic) bond motifs is 1. The van der Waals surface area contributed by atoms with E-state index in [4.69, 9.17) is 5.10 Å². The van der Waals surface area contributed by atoms with Crippen LogP contribution in [-0.2, 0) is 12.8 Å². The van der Waals surface area contributed by atoms with E-state index in [0.717, 1.165) is 70.6 Å². The van der Waals surface area contributed by atoms with Crippen LogP contribution in [0.3, 0.4) is 0 Å². The summed E-state index contributed by atoms with van der Waals surface area (Å²) in [5.41, 5.74) is 5.39. The van der Waals surface area contributed by atoms with Crippen LogP contribution in [0, 0.1) is 6.92 Å². The summed E-state index contributed by atoms with van der Waals surface area (Å²) in [6, 6.07) is 8.81. The molecule has 1 N–H and O–H groups in total. The van der Waals surface area contributed by atoms with Crippen molar-refractivity contribution in [2.75, 3.05) is 39.3 Å². The number of hydrogen-bond donors (Lipinski definition) is 1. The van der Waals surface area contributed by atoms with E-state index in [-0.39, 0.29) is 5.91 Å². The maximum atomic E-state index is 13.4. The van der Waals surface area contributed by atoms with Gasteiger partial charge in [-0.25, -0.2) is 4.68 Å². The summed E-state index contributed by atoms with van der Waals surface area (Å²) < 4.78 is 2.04. The van der Waals surface area contributed by atoms with E-state index in [1.165, 1.54) is 16.8 Å². The average molecular weight is 380 g/mol. The van der Waals surface area contributed by atoms with E-state index < -0.39 is 0 Å². The normalized spacial score (nSPS) is 22.6. The van der Waals surface area contributed by atoms with Gasteiger partial charge in [-0.05, 0) is 44.2 Å². The molecule has 148 valence electrons. The molecule has 28 heavy (non-hydrogen) atoms. The van der Waals surface area contributed by atoms with Gasteiger partial charge in [-0.15, -0.1) is 0 Å². The number of nitrogens with zero attached hydrogens (tertiary/aromatic N) is 4. The van der Waals surface area contributed by atoms with E-state index in [0.29, 0.717) is 11.7 Å². The molecule has 1 aromatic carbocycles. The summed E-state index contributed by atoms with van der Waals surface area (Å²) in [5.74, 6) is 0.128. The van der Waals surface area contributed by atoms with E-state index in [1.807, 2.05) is 15.6 Å². The minimum atomic E-state index is 0.128. The molecule has 5 rings (SSSR count). The SMILES string of the molecule is Cc1ccccc1-n1nc(C(=O)N2CCC(N3CCNCC3)C2)c2c1CCC2. The Bertz CT molecular complexity index is 883. The molecule has 2 aromatic rings. The average Bonchev–Trinajstić information content (AvgIpc) is 3.45. The van der Waals surface area contributed by atoms with Gasteiger partial charge in [0.05, 0.1) is 5.69 Å². The van der Waals surface area contributed by atoms with Crippen molar-refractivity contribution in [1.29, 1.82) is 0 Å². The molecule has 1 atom stereocenters. The number of carbonyl (C=O) groups excluding carboxylic acids is 1. The zero-order valence-corrected chi connectivity index (χ0v) is 16.7. The van der Waals surface area contributed by atoms with E-state index in [1.54, 1.807) is 0 Å². The first kappa shape index (κ1) is 17.9. The van der Waals surface area contributed by atoms with Gasteiger partial charge in [0.25, 0.3) is 5.91 Å². The highest BCUT2D eigenvalue weighted by Gasteiger charge is 2.35. The van der Waals surface area contributed by atoms with Crippen LogP contribution >= 0.6 is 0 Å². The fourth-order valence-electron chi connectivity index (χ4n) is 5.03.